The van der Waals surface area contributed by atoms with E-state index in [0.29, 0.717) is 22.6 Å². The Kier molecular flexibility index (Phi) is 8.14. The van der Waals surface area contributed by atoms with Gasteiger partial charge in [0, 0.05) is 17.7 Å². The lowest BCUT2D eigenvalue weighted by Crippen LogP contribution is -2.42. The monoisotopic (exact) mass is 389 g/mol. The van der Waals surface area contributed by atoms with E-state index >= 15 is 0 Å². The minimum atomic E-state index is -4.95. The predicted molar refractivity (Wildman–Crippen MR) is 92.6 cm³/mol. The van der Waals surface area contributed by atoms with E-state index < -0.39 is 24.1 Å². The Morgan fingerprint density at radius 1 is 1.19 bits per heavy atom. The summed E-state index contributed by atoms with van der Waals surface area (Å²) in [4.78, 5) is 22.5. The molecule has 0 saturated heterocycles. The lowest BCUT2D eigenvalue weighted by atomic mass is 10.0. The minimum absolute atomic E-state index is 0.0865. The molecule has 1 atom stereocenters. The molecule has 0 saturated carbocycles. The van der Waals surface area contributed by atoms with Crippen LogP contribution in [0.15, 0.2) is 18.2 Å². The van der Waals surface area contributed by atoms with Crippen LogP contribution in [0.1, 0.15) is 25.0 Å². The van der Waals surface area contributed by atoms with Crippen LogP contribution in [0.3, 0.4) is 0 Å². The topological polar surface area (TPSA) is 73.9 Å². The number of hydrogen-bond acceptors (Lipinski definition) is 5. The number of nitrogens with one attached hydrogen (secondary N) is 1. The highest BCUT2D eigenvalue weighted by atomic mass is 19.4. The van der Waals surface area contributed by atoms with Gasteiger partial charge in [-0.3, -0.25) is 4.79 Å². The molecule has 0 aromatic heterocycles. The number of ether oxygens (including phenoxy) is 3. The van der Waals surface area contributed by atoms with Crippen molar-refractivity contribution in [2.24, 2.45) is 0 Å². The van der Waals surface area contributed by atoms with Crippen molar-refractivity contribution in [1.29, 1.82) is 0 Å². The highest BCUT2D eigenvalue weighted by molar-refractivity contribution is 5.87. The number of rotatable bonds is 8. The molecule has 1 rings (SSSR count). The zero-order valence-corrected chi connectivity index (χ0v) is 15.5. The van der Waals surface area contributed by atoms with E-state index in [1.165, 1.54) is 33.3 Å². The Morgan fingerprint density at radius 3 is 2.33 bits per heavy atom. The van der Waals surface area contributed by atoms with Gasteiger partial charge in [0.25, 0.3) is 0 Å². The fourth-order valence-electron chi connectivity index (χ4n) is 2.31. The molecule has 0 radical (unpaired) electrons. The number of methoxy groups -OCH3 is 2. The molecule has 1 unspecified atom stereocenters. The zero-order chi connectivity index (χ0) is 20.6. The Balaban J connectivity index is 3.05. The smallest absolute Gasteiger partial charge is 0.471 e. The van der Waals surface area contributed by atoms with Gasteiger partial charge in [0.05, 0.1) is 20.8 Å². The maximum Gasteiger partial charge on any atom is 0.471 e. The molecular formula is C18H22F3NO5. The predicted octanol–water partition coefficient (Wildman–Crippen LogP) is 2.89. The molecule has 0 heterocycles. The van der Waals surface area contributed by atoms with Gasteiger partial charge in [-0.25, -0.2) is 4.79 Å². The average molecular weight is 389 g/mol. The van der Waals surface area contributed by atoms with Crippen LogP contribution in [0.25, 0.3) is 6.08 Å². The highest BCUT2D eigenvalue weighted by Gasteiger charge is 2.39. The molecule has 1 aromatic rings. The Labute approximate surface area is 155 Å². The van der Waals surface area contributed by atoms with Gasteiger partial charge in [0.2, 0.25) is 0 Å². The summed E-state index contributed by atoms with van der Waals surface area (Å²) in [6, 6.07) is 2.38. The highest BCUT2D eigenvalue weighted by Crippen LogP contribution is 2.31. The molecule has 0 aliphatic carbocycles. The fourth-order valence-corrected chi connectivity index (χ4v) is 2.31. The number of amides is 1. The summed E-state index contributed by atoms with van der Waals surface area (Å²) in [6.07, 6.45) is -2.15. The first-order valence-corrected chi connectivity index (χ1v) is 8.09. The Bertz CT molecular complexity index is 701. The van der Waals surface area contributed by atoms with Gasteiger partial charge in [0.15, 0.2) is 0 Å². The number of alkyl halides is 3. The van der Waals surface area contributed by atoms with Crippen molar-refractivity contribution < 1.29 is 37.0 Å². The molecule has 0 bridgehead atoms. The maximum absolute atomic E-state index is 12.4. The summed E-state index contributed by atoms with van der Waals surface area (Å²) in [5.74, 6) is -1.76. The van der Waals surface area contributed by atoms with Gasteiger partial charge in [-0.05, 0) is 44.0 Å². The first kappa shape index (κ1) is 22.3. The second kappa shape index (κ2) is 9.84. The lowest BCUT2D eigenvalue weighted by Gasteiger charge is -2.18. The lowest BCUT2D eigenvalue weighted by molar-refractivity contribution is -0.174. The summed E-state index contributed by atoms with van der Waals surface area (Å²) in [5, 5.41) is 1.89. The van der Waals surface area contributed by atoms with Crippen molar-refractivity contribution in [3.63, 3.8) is 0 Å². The summed E-state index contributed by atoms with van der Waals surface area (Å²) in [6.45, 7) is 3.37. The van der Waals surface area contributed by atoms with Crippen molar-refractivity contribution in [1.82, 2.24) is 5.32 Å². The van der Waals surface area contributed by atoms with Crippen molar-refractivity contribution in [2.45, 2.75) is 32.5 Å². The van der Waals surface area contributed by atoms with Crippen LogP contribution in [-0.2, 0) is 20.7 Å². The number of esters is 1. The average Bonchev–Trinajstić information content (AvgIpc) is 2.59. The van der Waals surface area contributed by atoms with Crippen molar-refractivity contribution >= 4 is 18.0 Å². The van der Waals surface area contributed by atoms with Crippen LogP contribution in [0.5, 0.6) is 11.5 Å². The number of halogens is 3. The molecule has 27 heavy (non-hydrogen) atoms. The molecule has 1 aromatic carbocycles. The van der Waals surface area contributed by atoms with E-state index in [1.54, 1.807) is 19.1 Å². The summed E-state index contributed by atoms with van der Waals surface area (Å²) >= 11 is 0. The van der Waals surface area contributed by atoms with E-state index in [2.05, 4.69) is 0 Å². The summed E-state index contributed by atoms with van der Waals surface area (Å²) < 4.78 is 52.4. The third-order valence-corrected chi connectivity index (χ3v) is 3.48. The second-order valence-corrected chi connectivity index (χ2v) is 5.57. The van der Waals surface area contributed by atoms with E-state index in [9.17, 15) is 22.8 Å². The molecular weight excluding hydrogens is 367 g/mol. The first-order valence-electron chi connectivity index (χ1n) is 8.09. The van der Waals surface area contributed by atoms with E-state index in [0.717, 1.165) is 0 Å². The molecule has 6 nitrogen and oxygen atoms in total. The molecule has 0 aliphatic rings. The van der Waals surface area contributed by atoms with E-state index in [-0.39, 0.29) is 13.0 Å². The van der Waals surface area contributed by atoms with Crippen LogP contribution >= 0.6 is 0 Å². The number of benzene rings is 1. The van der Waals surface area contributed by atoms with Gasteiger partial charge in [-0.15, -0.1) is 0 Å². The van der Waals surface area contributed by atoms with Gasteiger partial charge in [0.1, 0.15) is 11.5 Å². The van der Waals surface area contributed by atoms with Crippen molar-refractivity contribution in [2.75, 3.05) is 20.8 Å². The third-order valence-electron chi connectivity index (χ3n) is 3.48. The number of carbonyl (C=O) groups is 2. The Morgan fingerprint density at radius 2 is 1.81 bits per heavy atom. The zero-order valence-electron chi connectivity index (χ0n) is 15.5. The third kappa shape index (κ3) is 6.84. The largest absolute Gasteiger partial charge is 0.496 e. The van der Waals surface area contributed by atoms with Gasteiger partial charge in [-0.2, -0.15) is 13.2 Å². The molecule has 0 fully saturated rings. The number of carbonyl (C=O) groups excluding carboxylic acids is 2. The van der Waals surface area contributed by atoms with Gasteiger partial charge in [-0.1, -0.05) is 0 Å². The fraction of sp³-hybridized carbons (Fsp3) is 0.444. The molecule has 0 aliphatic heterocycles. The van der Waals surface area contributed by atoms with Crippen LogP contribution in [-0.4, -0.2) is 44.9 Å². The van der Waals surface area contributed by atoms with Crippen LogP contribution in [0.4, 0.5) is 13.2 Å². The quantitative estimate of drug-likeness (QED) is 0.547. The van der Waals surface area contributed by atoms with E-state index in [1.807, 2.05) is 5.32 Å². The SMILES string of the molecule is CCOC(=O)C=Cc1cc(OC)c(CC(C)NC(=O)C(F)(F)F)cc1OC. The maximum atomic E-state index is 12.4. The van der Waals surface area contributed by atoms with Crippen molar-refractivity contribution in [3.8, 4) is 11.5 Å². The van der Waals surface area contributed by atoms with Crippen LogP contribution < -0.4 is 14.8 Å². The molecule has 1 N–H and O–H groups in total. The standard InChI is InChI=1S/C18H22F3NO5/c1-5-27-16(23)7-6-12-9-15(26-4)13(10-14(12)25-3)8-11(2)22-17(24)18(19,20)21/h6-7,9-11H,5,8H2,1-4H3,(H,22,24). The first-order chi connectivity index (χ1) is 12.6. The summed E-state index contributed by atoms with van der Waals surface area (Å²) in [7, 11) is 2.82. The van der Waals surface area contributed by atoms with Gasteiger partial charge < -0.3 is 19.5 Å². The molecule has 0 spiro atoms. The van der Waals surface area contributed by atoms with Gasteiger partial charge >= 0.3 is 18.1 Å². The van der Waals surface area contributed by atoms with E-state index in [4.69, 9.17) is 14.2 Å². The molecule has 9 heteroatoms. The molecule has 1 amide bonds. The second-order valence-electron chi connectivity index (χ2n) is 5.57. The summed E-state index contributed by atoms with van der Waals surface area (Å²) in [5.41, 5.74) is 1.07. The minimum Gasteiger partial charge on any atom is -0.496 e. The van der Waals surface area contributed by atoms with Crippen molar-refractivity contribution in [3.05, 3.63) is 29.3 Å². The Hall–Kier alpha value is -2.71. The normalized spacial score (nSPS) is 12.6. The van der Waals surface area contributed by atoms with Crippen LogP contribution in [0.2, 0.25) is 0 Å². The number of hydrogen-bond donors (Lipinski definition) is 1. The van der Waals surface area contributed by atoms with Crippen LogP contribution in [0, 0.1) is 0 Å². The molecule has 150 valence electrons.